The van der Waals surface area contributed by atoms with Crippen LogP contribution < -0.4 is 10.6 Å². The van der Waals surface area contributed by atoms with Crippen LogP contribution in [0.4, 0.5) is 13.2 Å². The van der Waals surface area contributed by atoms with Gasteiger partial charge in [-0.15, -0.1) is 24.0 Å². The van der Waals surface area contributed by atoms with Gasteiger partial charge in [-0.2, -0.15) is 13.2 Å². The molecule has 2 aromatic rings. The summed E-state index contributed by atoms with van der Waals surface area (Å²) in [4.78, 5) is 5.52. The molecule has 0 radical (unpaired) electrons. The van der Waals surface area contributed by atoms with Gasteiger partial charge in [-0.25, -0.2) is 0 Å². The Morgan fingerprint density at radius 3 is 2.75 bits per heavy atom. The average Bonchev–Trinajstić information content (AvgIpc) is 3.27. The SMILES string of the molecule is CN=C(NCc1cc(-c2ccccc2)on1)NC1CCN(CC(F)(F)F)C1.I. The number of aromatic nitrogens is 1. The number of benzene rings is 1. The Labute approximate surface area is 178 Å². The number of nitrogens with zero attached hydrogens (tertiary/aromatic N) is 3. The van der Waals surface area contributed by atoms with Gasteiger partial charge < -0.3 is 15.2 Å². The molecule has 3 rings (SSSR count). The molecule has 2 N–H and O–H groups in total. The van der Waals surface area contributed by atoms with E-state index in [2.05, 4.69) is 20.8 Å². The lowest BCUT2D eigenvalue weighted by Gasteiger charge is -2.19. The van der Waals surface area contributed by atoms with Crippen LogP contribution in [0.15, 0.2) is 45.9 Å². The predicted octanol–water partition coefficient (Wildman–Crippen LogP) is 3.26. The molecule has 1 aromatic carbocycles. The first kappa shape index (κ1) is 22.5. The summed E-state index contributed by atoms with van der Waals surface area (Å²) in [6.07, 6.45) is -3.53. The smallest absolute Gasteiger partial charge is 0.356 e. The van der Waals surface area contributed by atoms with Crippen LogP contribution in [0.2, 0.25) is 0 Å². The van der Waals surface area contributed by atoms with Gasteiger partial charge in [0, 0.05) is 37.8 Å². The van der Waals surface area contributed by atoms with E-state index in [1.165, 1.54) is 4.90 Å². The summed E-state index contributed by atoms with van der Waals surface area (Å²) in [6, 6.07) is 11.4. The maximum absolute atomic E-state index is 12.5. The van der Waals surface area contributed by atoms with E-state index < -0.39 is 12.7 Å². The van der Waals surface area contributed by atoms with Crippen molar-refractivity contribution in [3.05, 3.63) is 42.1 Å². The quantitative estimate of drug-likeness (QED) is 0.368. The number of aliphatic imine (C=N–C) groups is 1. The number of likely N-dealkylation sites (tertiary alicyclic amines) is 1. The Bertz CT molecular complexity index is 766. The van der Waals surface area contributed by atoms with Gasteiger partial charge in [-0.1, -0.05) is 35.5 Å². The summed E-state index contributed by atoms with van der Waals surface area (Å²) in [5.74, 6) is 1.20. The van der Waals surface area contributed by atoms with E-state index >= 15 is 0 Å². The molecule has 154 valence electrons. The lowest BCUT2D eigenvalue weighted by Crippen LogP contribution is -2.44. The molecular formula is C18H23F3IN5O. The second-order valence-electron chi connectivity index (χ2n) is 6.45. The van der Waals surface area contributed by atoms with E-state index in [4.69, 9.17) is 4.52 Å². The van der Waals surface area contributed by atoms with Gasteiger partial charge in [0.2, 0.25) is 0 Å². The normalized spacial score (nSPS) is 18.0. The van der Waals surface area contributed by atoms with Crippen molar-refractivity contribution in [1.29, 1.82) is 0 Å². The topological polar surface area (TPSA) is 65.7 Å². The van der Waals surface area contributed by atoms with Crippen LogP contribution in [0.5, 0.6) is 0 Å². The standard InChI is InChI=1S/C18H22F3N5O.HI/c1-22-17(24-14-7-8-26(11-14)12-18(19,20)21)23-10-15-9-16(27-25-15)13-5-3-2-4-6-13;/h2-6,9,14H,7-8,10-12H2,1H3,(H2,22,23,24);1H. The monoisotopic (exact) mass is 509 g/mol. The zero-order chi connectivity index (χ0) is 19.3. The Morgan fingerprint density at radius 1 is 1.32 bits per heavy atom. The molecule has 0 bridgehead atoms. The maximum atomic E-state index is 12.5. The number of guanidine groups is 1. The fourth-order valence-electron chi connectivity index (χ4n) is 3.04. The summed E-state index contributed by atoms with van der Waals surface area (Å²) >= 11 is 0. The first-order valence-electron chi connectivity index (χ1n) is 8.70. The number of rotatable bonds is 5. The lowest BCUT2D eigenvalue weighted by molar-refractivity contribution is -0.143. The molecule has 0 saturated carbocycles. The fourth-order valence-corrected chi connectivity index (χ4v) is 3.04. The minimum Gasteiger partial charge on any atom is -0.356 e. The van der Waals surface area contributed by atoms with Crippen molar-refractivity contribution in [2.24, 2.45) is 4.99 Å². The molecule has 0 aliphatic carbocycles. The van der Waals surface area contributed by atoms with Crippen molar-refractivity contribution in [2.75, 3.05) is 26.7 Å². The Balaban J connectivity index is 0.00000280. The van der Waals surface area contributed by atoms with E-state index in [1.807, 2.05) is 36.4 Å². The molecule has 2 heterocycles. The molecule has 1 aromatic heterocycles. The van der Waals surface area contributed by atoms with E-state index in [-0.39, 0.29) is 30.0 Å². The molecular weight excluding hydrogens is 486 g/mol. The third-order valence-corrected chi connectivity index (χ3v) is 4.29. The van der Waals surface area contributed by atoms with Gasteiger partial charge in [0.15, 0.2) is 11.7 Å². The summed E-state index contributed by atoms with van der Waals surface area (Å²) in [6.45, 7) is 0.271. The zero-order valence-electron chi connectivity index (χ0n) is 15.4. The van der Waals surface area contributed by atoms with Crippen molar-refractivity contribution in [3.8, 4) is 11.3 Å². The molecule has 28 heavy (non-hydrogen) atoms. The van der Waals surface area contributed by atoms with Crippen molar-refractivity contribution in [1.82, 2.24) is 20.7 Å². The second-order valence-corrected chi connectivity index (χ2v) is 6.45. The maximum Gasteiger partial charge on any atom is 0.401 e. The largest absolute Gasteiger partial charge is 0.401 e. The average molecular weight is 509 g/mol. The first-order valence-corrected chi connectivity index (χ1v) is 8.70. The lowest BCUT2D eigenvalue weighted by atomic mass is 10.2. The van der Waals surface area contributed by atoms with E-state index in [9.17, 15) is 13.2 Å². The van der Waals surface area contributed by atoms with Crippen LogP contribution in [-0.2, 0) is 6.54 Å². The third kappa shape index (κ3) is 6.66. The Kier molecular flexibility index (Phi) is 8.10. The molecule has 1 unspecified atom stereocenters. The van der Waals surface area contributed by atoms with Crippen LogP contribution in [0, 0.1) is 0 Å². The molecule has 6 nitrogen and oxygen atoms in total. The van der Waals surface area contributed by atoms with E-state index in [0.717, 1.165) is 5.56 Å². The molecule has 1 aliphatic heterocycles. The fraction of sp³-hybridized carbons (Fsp3) is 0.444. The van der Waals surface area contributed by atoms with Crippen LogP contribution in [0.25, 0.3) is 11.3 Å². The molecule has 1 fully saturated rings. The number of alkyl halides is 3. The highest BCUT2D eigenvalue weighted by atomic mass is 127. The highest BCUT2D eigenvalue weighted by molar-refractivity contribution is 14.0. The number of hydrogen-bond donors (Lipinski definition) is 2. The van der Waals surface area contributed by atoms with E-state index in [0.29, 0.717) is 43.5 Å². The highest BCUT2D eigenvalue weighted by Gasteiger charge is 2.34. The summed E-state index contributed by atoms with van der Waals surface area (Å²) in [7, 11) is 1.62. The predicted molar refractivity (Wildman–Crippen MR) is 112 cm³/mol. The molecule has 1 aliphatic rings. The third-order valence-electron chi connectivity index (χ3n) is 4.29. The second kappa shape index (κ2) is 10.1. The zero-order valence-corrected chi connectivity index (χ0v) is 17.7. The van der Waals surface area contributed by atoms with Gasteiger partial charge in [0.05, 0.1) is 13.1 Å². The van der Waals surface area contributed by atoms with Crippen LogP contribution in [0.3, 0.4) is 0 Å². The first-order chi connectivity index (χ1) is 12.9. The summed E-state index contributed by atoms with van der Waals surface area (Å²) < 4.78 is 42.8. The number of nitrogens with one attached hydrogen (secondary N) is 2. The minimum atomic E-state index is -4.17. The van der Waals surface area contributed by atoms with Crippen LogP contribution in [0.1, 0.15) is 12.1 Å². The Morgan fingerprint density at radius 2 is 2.07 bits per heavy atom. The minimum absolute atomic E-state index is 0. The van der Waals surface area contributed by atoms with Crippen LogP contribution >= 0.6 is 24.0 Å². The van der Waals surface area contributed by atoms with Gasteiger partial charge in [0.25, 0.3) is 0 Å². The van der Waals surface area contributed by atoms with Crippen LogP contribution in [-0.4, -0.2) is 54.9 Å². The van der Waals surface area contributed by atoms with Crippen molar-refractivity contribution >= 4 is 29.9 Å². The van der Waals surface area contributed by atoms with Gasteiger partial charge in [0.1, 0.15) is 5.69 Å². The van der Waals surface area contributed by atoms with E-state index in [1.54, 1.807) is 7.05 Å². The molecule has 1 saturated heterocycles. The molecule has 10 heteroatoms. The van der Waals surface area contributed by atoms with Crippen molar-refractivity contribution in [3.63, 3.8) is 0 Å². The number of hydrogen-bond acceptors (Lipinski definition) is 4. The van der Waals surface area contributed by atoms with Gasteiger partial charge in [-0.3, -0.25) is 9.89 Å². The van der Waals surface area contributed by atoms with Gasteiger partial charge in [-0.05, 0) is 6.42 Å². The van der Waals surface area contributed by atoms with Crippen molar-refractivity contribution in [2.45, 2.75) is 25.2 Å². The Hall–Kier alpha value is -1.82. The van der Waals surface area contributed by atoms with Gasteiger partial charge >= 0.3 is 6.18 Å². The summed E-state index contributed by atoms with van der Waals surface area (Å²) in [5, 5.41) is 10.3. The molecule has 1 atom stereocenters. The summed E-state index contributed by atoms with van der Waals surface area (Å²) in [5.41, 5.74) is 1.65. The van der Waals surface area contributed by atoms with Crippen molar-refractivity contribution < 1.29 is 17.7 Å². The highest BCUT2D eigenvalue weighted by Crippen LogP contribution is 2.20. The molecule has 0 spiro atoms. The number of halogens is 4. The molecule has 0 amide bonds.